The van der Waals surface area contributed by atoms with Gasteiger partial charge in [-0.25, -0.2) is 10.2 Å². The maximum Gasteiger partial charge on any atom is 0.345 e. The second-order valence-corrected chi connectivity index (χ2v) is 8.90. The fraction of sp³-hybridized carbons (Fsp3) is 0.0312. The molecule has 0 fully saturated rings. The quantitative estimate of drug-likeness (QED) is 0.0730. The average molecular weight is 551 g/mol. The van der Waals surface area contributed by atoms with Gasteiger partial charge in [-0.1, -0.05) is 90.5 Å². The third kappa shape index (κ3) is 6.46. The molecule has 0 radical (unpaired) electrons. The van der Waals surface area contributed by atoms with Gasteiger partial charge in [-0.05, 0) is 53.2 Å². The molecule has 0 aliphatic carbocycles. The van der Waals surface area contributed by atoms with E-state index < -0.39 is 18.2 Å². The number of nitrogens with one attached hydrogen (secondary N) is 1. The molecule has 198 valence electrons. The zero-order chi connectivity index (χ0) is 27.7. The van der Waals surface area contributed by atoms with Crippen molar-refractivity contribution in [2.24, 2.45) is 5.10 Å². The second-order valence-electron chi connectivity index (χ2n) is 8.50. The minimum Gasteiger partial charge on any atom is -0.446 e. The molecule has 1 amide bonds. The number of ether oxygens (including phenoxy) is 3. The number of carbonyl (C=O) groups excluding carboxylic acids is 2. The number of nitrogens with zero attached hydrogens (tertiary/aromatic N) is 1. The lowest BCUT2D eigenvalue weighted by Crippen LogP contribution is -2.40. The number of halogens is 1. The van der Waals surface area contributed by atoms with E-state index in [0.717, 1.165) is 10.8 Å². The molecule has 0 bridgehead atoms. The van der Waals surface area contributed by atoms with Gasteiger partial charge in [-0.2, -0.15) is 5.10 Å². The molecule has 5 aromatic rings. The van der Waals surface area contributed by atoms with Gasteiger partial charge in [0.2, 0.25) is 0 Å². The fourth-order valence-electron chi connectivity index (χ4n) is 3.87. The number of amides is 1. The Bertz CT molecular complexity index is 1620. The van der Waals surface area contributed by atoms with Gasteiger partial charge >= 0.3 is 18.2 Å². The third-order valence-corrected chi connectivity index (χ3v) is 6.11. The van der Waals surface area contributed by atoms with Crippen molar-refractivity contribution in [1.29, 1.82) is 0 Å². The van der Waals surface area contributed by atoms with Gasteiger partial charge in [0, 0.05) is 5.56 Å². The second kappa shape index (κ2) is 12.6. The smallest absolute Gasteiger partial charge is 0.345 e. The molecule has 5 rings (SSSR count). The van der Waals surface area contributed by atoms with E-state index in [1.807, 2.05) is 42.5 Å². The van der Waals surface area contributed by atoms with Crippen molar-refractivity contribution in [3.05, 3.63) is 137 Å². The van der Waals surface area contributed by atoms with E-state index in [9.17, 15) is 9.59 Å². The Labute approximate surface area is 235 Å². The van der Waals surface area contributed by atoms with Crippen LogP contribution in [0.1, 0.15) is 15.9 Å². The van der Waals surface area contributed by atoms with Crippen LogP contribution in [-0.2, 0) is 4.79 Å². The zero-order valence-corrected chi connectivity index (χ0v) is 21.8. The highest BCUT2D eigenvalue weighted by Gasteiger charge is 2.23. The summed E-state index contributed by atoms with van der Waals surface area (Å²) in [5, 5.41) is 6.09. The summed E-state index contributed by atoms with van der Waals surface area (Å²) in [4.78, 5) is 26.0. The monoisotopic (exact) mass is 550 g/mol. The molecule has 0 atom stereocenters. The summed E-state index contributed by atoms with van der Waals surface area (Å²) in [6.45, 7) is 0. The number of hydrogen-bond donors (Lipinski definition) is 1. The Morgan fingerprint density at radius 3 is 2.00 bits per heavy atom. The van der Waals surface area contributed by atoms with Crippen molar-refractivity contribution < 1.29 is 23.8 Å². The molecule has 0 heterocycles. The first-order valence-corrected chi connectivity index (χ1v) is 12.7. The summed E-state index contributed by atoms with van der Waals surface area (Å²) in [7, 11) is 0. The van der Waals surface area contributed by atoms with Gasteiger partial charge in [-0.3, -0.25) is 4.79 Å². The summed E-state index contributed by atoms with van der Waals surface area (Å²) in [5.41, 5.74) is 3.20. The molecule has 7 nitrogen and oxygen atoms in total. The molecule has 0 spiro atoms. The molecular formula is C32H23ClN2O5. The summed E-state index contributed by atoms with van der Waals surface area (Å²) >= 11 is 6.19. The van der Waals surface area contributed by atoms with E-state index in [4.69, 9.17) is 25.8 Å². The van der Waals surface area contributed by atoms with E-state index in [2.05, 4.69) is 10.5 Å². The van der Waals surface area contributed by atoms with Gasteiger partial charge < -0.3 is 14.2 Å². The first kappa shape index (κ1) is 26.5. The molecule has 5 aromatic carbocycles. The molecule has 8 heteroatoms. The summed E-state index contributed by atoms with van der Waals surface area (Å²) in [5.74, 6) is -0.110. The van der Waals surface area contributed by atoms with Crippen molar-refractivity contribution >= 4 is 40.5 Å². The van der Waals surface area contributed by atoms with Gasteiger partial charge in [0.25, 0.3) is 0 Å². The summed E-state index contributed by atoms with van der Waals surface area (Å²) < 4.78 is 17.3. The maximum atomic E-state index is 13.1. The van der Waals surface area contributed by atoms with Crippen molar-refractivity contribution in [1.82, 2.24) is 5.43 Å². The highest BCUT2D eigenvalue weighted by Crippen LogP contribution is 2.28. The number of para-hydroxylation sites is 2. The molecule has 0 aromatic heterocycles. The third-order valence-electron chi connectivity index (χ3n) is 5.78. The molecule has 0 aliphatic heterocycles. The van der Waals surface area contributed by atoms with E-state index in [1.54, 1.807) is 78.9 Å². The number of fused-ring (bicyclic) bond motifs is 1. The number of benzene rings is 5. The van der Waals surface area contributed by atoms with E-state index in [1.165, 1.54) is 6.21 Å². The van der Waals surface area contributed by atoms with Crippen molar-refractivity contribution in [2.45, 2.75) is 6.29 Å². The van der Waals surface area contributed by atoms with Crippen LogP contribution in [0.5, 0.6) is 17.2 Å². The molecule has 40 heavy (non-hydrogen) atoms. The van der Waals surface area contributed by atoms with Crippen molar-refractivity contribution in [3.63, 3.8) is 0 Å². The van der Waals surface area contributed by atoms with Gasteiger partial charge in [0.1, 0.15) is 17.2 Å². The molecule has 0 saturated carbocycles. The van der Waals surface area contributed by atoms with Crippen LogP contribution in [0.3, 0.4) is 0 Å². The van der Waals surface area contributed by atoms with Crippen LogP contribution in [0.4, 0.5) is 0 Å². The van der Waals surface area contributed by atoms with Crippen LogP contribution in [0.25, 0.3) is 10.8 Å². The standard InChI is InChI=1S/C32H23ClN2O5/c33-28-18-10-9-17-26(28)31(37)40-29-20-19-22-11-7-8-16-25(22)27(29)21-34-35-30(36)32(38-23-12-3-1-4-13-23)39-24-14-5-2-6-15-24/h1-21,32H,(H,35,36)/b34-21+. The predicted octanol–water partition coefficient (Wildman–Crippen LogP) is 6.65. The normalized spacial score (nSPS) is 10.9. The Morgan fingerprint density at radius 2 is 1.32 bits per heavy atom. The molecule has 0 unspecified atom stereocenters. The van der Waals surface area contributed by atoms with Crippen LogP contribution >= 0.6 is 11.6 Å². The van der Waals surface area contributed by atoms with E-state index in [0.29, 0.717) is 17.1 Å². The lowest BCUT2D eigenvalue weighted by atomic mass is 10.0. The van der Waals surface area contributed by atoms with E-state index in [-0.39, 0.29) is 16.3 Å². The van der Waals surface area contributed by atoms with Crippen LogP contribution in [0.2, 0.25) is 5.02 Å². The Balaban J connectivity index is 1.40. The van der Waals surface area contributed by atoms with Crippen LogP contribution in [0, 0.1) is 0 Å². The number of rotatable bonds is 9. The average Bonchev–Trinajstić information content (AvgIpc) is 2.99. The fourth-order valence-corrected chi connectivity index (χ4v) is 4.08. The number of hydrogen-bond acceptors (Lipinski definition) is 6. The van der Waals surface area contributed by atoms with Gasteiger partial charge in [-0.15, -0.1) is 0 Å². The molecule has 0 saturated heterocycles. The Morgan fingerprint density at radius 1 is 0.725 bits per heavy atom. The topological polar surface area (TPSA) is 86.2 Å². The van der Waals surface area contributed by atoms with Crippen molar-refractivity contribution in [3.8, 4) is 17.2 Å². The number of hydrazone groups is 1. The van der Waals surface area contributed by atoms with Gasteiger partial charge in [0.15, 0.2) is 0 Å². The summed E-state index contributed by atoms with van der Waals surface area (Å²) in [6, 6.07) is 35.4. The largest absolute Gasteiger partial charge is 0.446 e. The SMILES string of the molecule is O=C(Oc1ccc2ccccc2c1/C=N/NC(=O)C(Oc1ccccc1)Oc1ccccc1)c1ccccc1Cl. The lowest BCUT2D eigenvalue weighted by molar-refractivity contribution is -0.140. The highest BCUT2D eigenvalue weighted by atomic mass is 35.5. The number of carbonyl (C=O) groups is 2. The molecular weight excluding hydrogens is 528 g/mol. The zero-order valence-electron chi connectivity index (χ0n) is 21.1. The van der Waals surface area contributed by atoms with E-state index >= 15 is 0 Å². The minimum absolute atomic E-state index is 0.229. The first-order valence-electron chi connectivity index (χ1n) is 12.3. The predicted molar refractivity (Wildman–Crippen MR) is 154 cm³/mol. The van der Waals surface area contributed by atoms with Crippen LogP contribution < -0.4 is 19.6 Å². The Kier molecular flexibility index (Phi) is 8.34. The number of esters is 1. The van der Waals surface area contributed by atoms with Crippen LogP contribution in [0.15, 0.2) is 126 Å². The van der Waals surface area contributed by atoms with Crippen LogP contribution in [-0.4, -0.2) is 24.4 Å². The first-order chi connectivity index (χ1) is 19.6. The Hall–Kier alpha value is -5.14. The molecule has 0 aliphatic rings. The molecule has 1 N–H and O–H groups in total. The van der Waals surface area contributed by atoms with Gasteiger partial charge in [0.05, 0.1) is 16.8 Å². The summed E-state index contributed by atoms with van der Waals surface area (Å²) in [6.07, 6.45) is 0.0874. The van der Waals surface area contributed by atoms with Crippen molar-refractivity contribution in [2.75, 3.05) is 0 Å². The minimum atomic E-state index is -1.33. The highest BCUT2D eigenvalue weighted by molar-refractivity contribution is 6.33. The maximum absolute atomic E-state index is 13.1. The lowest BCUT2D eigenvalue weighted by Gasteiger charge is -2.18.